The first kappa shape index (κ1) is 23.3. The van der Waals surface area contributed by atoms with Crippen LogP contribution in [0.5, 0.6) is 0 Å². The predicted molar refractivity (Wildman–Crippen MR) is 122 cm³/mol. The summed E-state index contributed by atoms with van der Waals surface area (Å²) in [6, 6.07) is 0. The molecule has 0 bridgehead atoms. The van der Waals surface area contributed by atoms with E-state index in [-0.39, 0.29) is 5.97 Å². The van der Waals surface area contributed by atoms with Crippen molar-refractivity contribution in [3.8, 4) is 0 Å². The second-order valence-corrected chi connectivity index (χ2v) is 11.5. The number of rotatable bonds is 7. The van der Waals surface area contributed by atoms with Gasteiger partial charge in [-0.1, -0.05) is 32.9 Å². The van der Waals surface area contributed by atoms with Gasteiger partial charge in [-0.15, -0.1) is 0 Å². The number of fused-ring (bicyclic) bond motifs is 5. The third kappa shape index (κ3) is 4.01. The van der Waals surface area contributed by atoms with Gasteiger partial charge in [0.05, 0.1) is 13.2 Å². The number of methoxy groups -OCH3 is 2. The molecule has 4 aliphatic rings. The van der Waals surface area contributed by atoms with Crippen LogP contribution in [0.2, 0.25) is 0 Å². The number of esters is 1. The van der Waals surface area contributed by atoms with Crippen LogP contribution in [0.25, 0.3) is 0 Å². The van der Waals surface area contributed by atoms with E-state index in [9.17, 15) is 4.79 Å². The lowest BCUT2D eigenvalue weighted by Crippen LogP contribution is -2.57. The summed E-state index contributed by atoms with van der Waals surface area (Å²) < 4.78 is 16.7. The van der Waals surface area contributed by atoms with Crippen LogP contribution in [0.4, 0.5) is 0 Å². The quantitative estimate of drug-likeness (QED) is 0.281. The molecular formula is C27H44O4. The number of ether oxygens (including phenoxy) is 3. The molecule has 4 heteroatoms. The first-order valence-corrected chi connectivity index (χ1v) is 12.7. The monoisotopic (exact) mass is 432 g/mol. The molecule has 0 aromatic heterocycles. The van der Waals surface area contributed by atoms with E-state index in [0.717, 1.165) is 24.7 Å². The molecule has 4 rings (SSSR count). The topological polar surface area (TPSA) is 44.8 Å². The molecule has 3 saturated carbocycles. The van der Waals surface area contributed by atoms with Crippen molar-refractivity contribution in [2.24, 2.45) is 46.3 Å². The van der Waals surface area contributed by atoms with Crippen molar-refractivity contribution in [2.75, 3.05) is 21.0 Å². The molecule has 0 saturated heterocycles. The first-order chi connectivity index (χ1) is 14.8. The Morgan fingerprint density at radius 3 is 2.61 bits per heavy atom. The largest absolute Gasteiger partial charge is 0.469 e. The van der Waals surface area contributed by atoms with Gasteiger partial charge in [0.15, 0.2) is 0 Å². The Labute approximate surface area is 189 Å². The number of hydrogen-bond donors (Lipinski definition) is 0. The summed E-state index contributed by atoms with van der Waals surface area (Å²) in [4.78, 5) is 11.7. The first-order valence-electron chi connectivity index (χ1n) is 12.7. The van der Waals surface area contributed by atoms with Crippen molar-refractivity contribution in [2.45, 2.75) is 84.7 Å². The second-order valence-electron chi connectivity index (χ2n) is 11.5. The van der Waals surface area contributed by atoms with Crippen LogP contribution in [0.1, 0.15) is 78.6 Å². The fourth-order valence-corrected chi connectivity index (χ4v) is 8.72. The SMILES string of the molecule is COCOC1C[C@@H]2C=CCC[C@]2(C)C2CC[C@@]3(C)C(CC[C@@H]3[C@H](C)CCC(=O)OC)C12. The third-order valence-corrected chi connectivity index (χ3v) is 10.4. The van der Waals surface area contributed by atoms with Gasteiger partial charge in [-0.05, 0) is 97.7 Å². The van der Waals surface area contributed by atoms with Gasteiger partial charge < -0.3 is 14.2 Å². The number of allylic oxidation sites excluding steroid dienone is 2. The molecule has 176 valence electrons. The number of carbonyl (C=O) groups is 1. The Morgan fingerprint density at radius 1 is 1.10 bits per heavy atom. The van der Waals surface area contributed by atoms with Gasteiger partial charge in [-0.25, -0.2) is 0 Å². The van der Waals surface area contributed by atoms with E-state index in [4.69, 9.17) is 14.2 Å². The molecule has 31 heavy (non-hydrogen) atoms. The van der Waals surface area contributed by atoms with E-state index in [1.54, 1.807) is 7.11 Å². The Morgan fingerprint density at radius 2 is 1.87 bits per heavy atom. The van der Waals surface area contributed by atoms with Gasteiger partial charge in [0.2, 0.25) is 0 Å². The summed E-state index contributed by atoms with van der Waals surface area (Å²) in [5.74, 6) is 3.95. The van der Waals surface area contributed by atoms with Crippen LogP contribution in [0.3, 0.4) is 0 Å². The molecule has 0 amide bonds. The summed E-state index contributed by atoms with van der Waals surface area (Å²) in [6.07, 6.45) is 15.7. The Hall–Kier alpha value is -0.870. The minimum Gasteiger partial charge on any atom is -0.469 e. The maximum absolute atomic E-state index is 11.7. The average molecular weight is 433 g/mol. The van der Waals surface area contributed by atoms with Gasteiger partial charge in [0.25, 0.3) is 0 Å². The summed E-state index contributed by atoms with van der Waals surface area (Å²) in [5.41, 5.74) is 0.779. The molecule has 4 aliphatic carbocycles. The molecule has 9 atom stereocenters. The molecule has 3 fully saturated rings. The van der Waals surface area contributed by atoms with Crippen LogP contribution in [0.15, 0.2) is 12.2 Å². The molecule has 0 spiro atoms. The fourth-order valence-electron chi connectivity index (χ4n) is 8.72. The van der Waals surface area contributed by atoms with Crippen molar-refractivity contribution in [3.63, 3.8) is 0 Å². The summed E-state index contributed by atoms with van der Waals surface area (Å²) in [7, 11) is 3.24. The van der Waals surface area contributed by atoms with E-state index in [1.165, 1.54) is 45.6 Å². The highest BCUT2D eigenvalue weighted by Crippen LogP contribution is 2.68. The lowest BCUT2D eigenvalue weighted by atomic mass is 9.44. The molecule has 4 nitrogen and oxygen atoms in total. The zero-order valence-electron chi connectivity index (χ0n) is 20.4. The van der Waals surface area contributed by atoms with Crippen molar-refractivity contribution in [1.29, 1.82) is 0 Å². The summed E-state index contributed by atoms with van der Waals surface area (Å²) in [6.45, 7) is 7.93. The Kier molecular flexibility index (Phi) is 6.89. The smallest absolute Gasteiger partial charge is 0.305 e. The van der Waals surface area contributed by atoms with E-state index in [2.05, 4.69) is 32.9 Å². The van der Waals surface area contributed by atoms with Gasteiger partial charge in [-0.3, -0.25) is 4.79 Å². The maximum atomic E-state index is 11.7. The standard InChI is InChI=1S/C27H44O4/c1-18(9-12-24(28)30-5)20-10-11-21-25-22(13-15-27(20,21)3)26(2)14-7-6-8-19(26)16-23(25)31-17-29-4/h6,8,18-23,25H,7,9-17H2,1-5H3/t18-,19+,20-,21?,22?,23?,25?,26+,27-/m1/s1. The maximum Gasteiger partial charge on any atom is 0.305 e. The molecule has 0 aromatic rings. The molecule has 4 unspecified atom stereocenters. The highest BCUT2D eigenvalue weighted by Gasteiger charge is 2.62. The zero-order chi connectivity index (χ0) is 22.2. The van der Waals surface area contributed by atoms with Gasteiger partial charge >= 0.3 is 5.97 Å². The van der Waals surface area contributed by atoms with Gasteiger partial charge in [0.1, 0.15) is 6.79 Å². The lowest BCUT2D eigenvalue weighted by molar-refractivity contribution is -0.191. The molecule has 0 N–H and O–H groups in total. The number of carbonyl (C=O) groups excluding carboxylic acids is 1. The summed E-state index contributed by atoms with van der Waals surface area (Å²) >= 11 is 0. The fraction of sp³-hybridized carbons (Fsp3) is 0.889. The Balaban J connectivity index is 1.57. The molecule has 0 aliphatic heterocycles. The van der Waals surface area contributed by atoms with Crippen LogP contribution in [-0.4, -0.2) is 33.1 Å². The molecule has 0 aromatic carbocycles. The molecule has 0 radical (unpaired) electrons. The lowest BCUT2D eigenvalue weighted by Gasteiger charge is -2.61. The highest BCUT2D eigenvalue weighted by molar-refractivity contribution is 5.69. The highest BCUT2D eigenvalue weighted by atomic mass is 16.7. The van der Waals surface area contributed by atoms with E-state index >= 15 is 0 Å². The van der Waals surface area contributed by atoms with E-state index < -0.39 is 0 Å². The van der Waals surface area contributed by atoms with E-state index in [0.29, 0.717) is 53.8 Å². The minimum absolute atomic E-state index is 0.0695. The average Bonchev–Trinajstić information content (AvgIpc) is 3.12. The number of hydrogen-bond acceptors (Lipinski definition) is 4. The van der Waals surface area contributed by atoms with Crippen molar-refractivity contribution in [3.05, 3.63) is 12.2 Å². The Bertz CT molecular complexity index is 674. The van der Waals surface area contributed by atoms with Crippen LogP contribution in [-0.2, 0) is 19.0 Å². The zero-order valence-corrected chi connectivity index (χ0v) is 20.4. The van der Waals surface area contributed by atoms with Crippen LogP contribution < -0.4 is 0 Å². The normalized spacial score (nSPS) is 44.8. The van der Waals surface area contributed by atoms with Gasteiger partial charge in [0, 0.05) is 13.5 Å². The van der Waals surface area contributed by atoms with Gasteiger partial charge in [-0.2, -0.15) is 0 Å². The molecule has 0 heterocycles. The second kappa shape index (κ2) is 9.17. The van der Waals surface area contributed by atoms with Crippen LogP contribution in [0, 0.1) is 46.3 Å². The third-order valence-electron chi connectivity index (χ3n) is 10.4. The van der Waals surface area contributed by atoms with Crippen molar-refractivity contribution < 1.29 is 19.0 Å². The van der Waals surface area contributed by atoms with Crippen LogP contribution >= 0.6 is 0 Å². The van der Waals surface area contributed by atoms with Crippen molar-refractivity contribution >= 4 is 5.97 Å². The predicted octanol–water partition coefficient (Wildman–Crippen LogP) is 6.00. The summed E-state index contributed by atoms with van der Waals surface area (Å²) in [5, 5.41) is 0. The van der Waals surface area contributed by atoms with E-state index in [1.807, 2.05) is 0 Å². The van der Waals surface area contributed by atoms with Crippen molar-refractivity contribution in [1.82, 2.24) is 0 Å². The molecular weight excluding hydrogens is 388 g/mol. The minimum atomic E-state index is -0.0695.